The van der Waals surface area contributed by atoms with Gasteiger partial charge in [0.05, 0.1) is 18.2 Å². The van der Waals surface area contributed by atoms with Gasteiger partial charge in [-0.3, -0.25) is 29.4 Å². The topological polar surface area (TPSA) is 265 Å². The Morgan fingerprint density at radius 2 is 1.36 bits per heavy atom. The molecular weight excluding hydrogens is 857 g/mol. The lowest BCUT2D eigenvalue weighted by Crippen LogP contribution is -2.38. The summed E-state index contributed by atoms with van der Waals surface area (Å²) in [4.78, 5) is 76.8. The molecule has 2 aromatic carbocycles. The van der Waals surface area contributed by atoms with Crippen LogP contribution in [0.25, 0.3) is 0 Å². The number of nitrogens with one attached hydrogen (secondary N) is 5. The highest BCUT2D eigenvalue weighted by Crippen LogP contribution is 2.38. The molecule has 354 valence electrons. The number of phenols is 1. The van der Waals surface area contributed by atoms with Gasteiger partial charge in [0.2, 0.25) is 0 Å². The molecule has 2 fully saturated rings. The zero-order valence-corrected chi connectivity index (χ0v) is 38.1. The number of anilines is 2. The minimum absolute atomic E-state index is 0.000477. The molecule has 0 spiro atoms. The first-order valence-electron chi connectivity index (χ1n) is 21.9. The van der Waals surface area contributed by atoms with E-state index in [1.54, 1.807) is 38.1 Å². The summed E-state index contributed by atoms with van der Waals surface area (Å²) >= 11 is 0. The summed E-state index contributed by atoms with van der Waals surface area (Å²) < 4.78 is 28.2. The number of methoxy groups -OCH3 is 1. The number of aryl methyl sites for hydroxylation is 1. The molecule has 2 saturated carbocycles. The molecule has 2 aliphatic carbocycles. The van der Waals surface area contributed by atoms with Crippen LogP contribution in [0.3, 0.4) is 0 Å². The van der Waals surface area contributed by atoms with Crippen LogP contribution in [0.4, 0.5) is 21.2 Å². The summed E-state index contributed by atoms with van der Waals surface area (Å²) in [7, 11) is 1.45. The highest BCUT2D eigenvalue weighted by atomic mass is 16.6. The minimum Gasteiger partial charge on any atom is -0.507 e. The third-order valence-electron chi connectivity index (χ3n) is 11.7. The van der Waals surface area contributed by atoms with E-state index in [0.29, 0.717) is 61.6 Å². The number of carbonyl (C=O) groups excluding carboxylic acids is 6. The number of aromatic hydroxyl groups is 1. The van der Waals surface area contributed by atoms with Crippen molar-refractivity contribution < 1.29 is 57.6 Å². The Morgan fingerprint density at radius 1 is 0.803 bits per heavy atom. The maximum absolute atomic E-state index is 13.7. The fraction of sp³-hybridized carbons (Fsp3) is 0.478. The highest BCUT2D eigenvalue weighted by Gasteiger charge is 2.33. The van der Waals surface area contributed by atoms with Crippen LogP contribution < -0.4 is 30.2 Å². The average Bonchev–Trinajstić information content (AvgIpc) is 4.11. The van der Waals surface area contributed by atoms with E-state index in [2.05, 4.69) is 36.3 Å². The van der Waals surface area contributed by atoms with E-state index in [1.165, 1.54) is 18.1 Å². The normalized spacial score (nSPS) is 17.8. The quantitative estimate of drug-likeness (QED) is 0.0543. The van der Waals surface area contributed by atoms with Gasteiger partial charge in [0, 0.05) is 54.0 Å². The van der Waals surface area contributed by atoms with Crippen molar-refractivity contribution in [2.24, 2.45) is 0 Å². The van der Waals surface area contributed by atoms with Crippen molar-refractivity contribution in [3.8, 4) is 23.0 Å². The molecule has 4 amide bonds. The van der Waals surface area contributed by atoms with Gasteiger partial charge < -0.3 is 49.6 Å². The lowest BCUT2D eigenvalue weighted by molar-refractivity contribution is -0.118. The van der Waals surface area contributed by atoms with Crippen LogP contribution in [-0.4, -0.2) is 112 Å². The van der Waals surface area contributed by atoms with E-state index in [4.69, 9.17) is 23.7 Å². The fourth-order valence-corrected chi connectivity index (χ4v) is 8.21. The number of H-pyrrole nitrogens is 2. The maximum atomic E-state index is 13.7. The van der Waals surface area contributed by atoms with Crippen LogP contribution >= 0.6 is 0 Å². The Morgan fingerprint density at radius 3 is 1.89 bits per heavy atom. The van der Waals surface area contributed by atoms with E-state index in [1.807, 2.05) is 27.7 Å². The van der Waals surface area contributed by atoms with Crippen LogP contribution in [0.1, 0.15) is 127 Å². The second-order valence-corrected chi connectivity index (χ2v) is 17.1. The molecular formula is C46H58N8O12. The first-order chi connectivity index (χ1) is 31.6. The molecule has 2 aromatic heterocycles. The van der Waals surface area contributed by atoms with Crippen molar-refractivity contribution in [1.82, 2.24) is 30.6 Å². The highest BCUT2D eigenvalue weighted by molar-refractivity contribution is 5.92. The van der Waals surface area contributed by atoms with Gasteiger partial charge in [0.1, 0.15) is 35.2 Å². The predicted octanol–water partition coefficient (Wildman–Crippen LogP) is 6.58. The number of hydrogen-bond donors (Lipinski definition) is 6. The van der Waals surface area contributed by atoms with Crippen molar-refractivity contribution >= 4 is 48.2 Å². The first-order valence-corrected chi connectivity index (χ1v) is 21.9. The molecule has 1 unspecified atom stereocenters. The van der Waals surface area contributed by atoms with Gasteiger partial charge in [-0.25, -0.2) is 9.59 Å². The average molecular weight is 915 g/mol. The number of nitrogens with zero attached hydrogens (tertiary/aromatic N) is 3. The number of aldehydes is 2. The summed E-state index contributed by atoms with van der Waals surface area (Å²) in [5.41, 5.74) is 3.18. The lowest BCUT2D eigenvalue weighted by Gasteiger charge is -2.28. The van der Waals surface area contributed by atoms with E-state index in [-0.39, 0.29) is 83.2 Å². The Labute approximate surface area is 381 Å². The van der Waals surface area contributed by atoms with Crippen molar-refractivity contribution in [2.45, 2.75) is 123 Å². The van der Waals surface area contributed by atoms with Crippen LogP contribution in [-0.2, 0) is 25.6 Å². The zero-order valence-electron chi connectivity index (χ0n) is 38.1. The summed E-state index contributed by atoms with van der Waals surface area (Å²) in [5.74, 6) is -0.278. The molecule has 6 N–H and O–H groups in total. The lowest BCUT2D eigenvalue weighted by atomic mass is 10.0. The molecule has 66 heavy (non-hydrogen) atoms. The number of phenolic OH excluding ortho intramolecular Hbond substituents is 1. The molecule has 6 rings (SSSR count). The first kappa shape index (κ1) is 48.3. The van der Waals surface area contributed by atoms with Crippen molar-refractivity contribution in [1.29, 1.82) is 0 Å². The summed E-state index contributed by atoms with van der Waals surface area (Å²) in [6.45, 7) is 9.89. The SMILES string of the molecule is COc1c(C)ccc(OCC(=O)Nc2cc([C@H]3CCC(OC(=O)N(Cc4cc(OCC(=O)Nc5cc([C@H]6CC[C@@H](OC(=O)NC(C)C)C6)[nH]n5)c(C=O)c(O)c4C)C(C)C)C3)[nH]n2)c1C=O. The van der Waals surface area contributed by atoms with Gasteiger partial charge in [-0.15, -0.1) is 0 Å². The number of aromatic nitrogens is 4. The van der Waals surface area contributed by atoms with E-state index in [9.17, 15) is 33.9 Å². The molecule has 0 bridgehead atoms. The van der Waals surface area contributed by atoms with Gasteiger partial charge in [-0.2, -0.15) is 10.2 Å². The zero-order chi connectivity index (χ0) is 47.7. The monoisotopic (exact) mass is 914 g/mol. The Hall–Kier alpha value is -7.12. The van der Waals surface area contributed by atoms with Crippen molar-refractivity contribution in [3.05, 3.63) is 69.5 Å². The Bertz CT molecular complexity index is 2410. The molecule has 4 atom stereocenters. The number of benzene rings is 2. The molecule has 0 radical (unpaired) electrons. The second-order valence-electron chi connectivity index (χ2n) is 17.1. The third-order valence-corrected chi connectivity index (χ3v) is 11.7. The smallest absolute Gasteiger partial charge is 0.410 e. The van der Waals surface area contributed by atoms with Gasteiger partial charge in [-0.05, 0) is 109 Å². The molecule has 0 saturated heterocycles. The predicted molar refractivity (Wildman–Crippen MR) is 239 cm³/mol. The molecule has 20 heteroatoms. The van der Waals surface area contributed by atoms with Crippen molar-refractivity contribution in [2.75, 3.05) is 31.0 Å². The number of carbonyl (C=O) groups is 6. The molecule has 2 heterocycles. The fourth-order valence-electron chi connectivity index (χ4n) is 8.21. The third kappa shape index (κ3) is 12.0. The van der Waals surface area contributed by atoms with Gasteiger partial charge in [0.15, 0.2) is 37.4 Å². The number of rotatable bonds is 19. The van der Waals surface area contributed by atoms with Crippen LogP contribution in [0.2, 0.25) is 0 Å². The van der Waals surface area contributed by atoms with Gasteiger partial charge >= 0.3 is 12.2 Å². The number of amides is 4. The summed E-state index contributed by atoms with van der Waals surface area (Å²) in [6.07, 6.45) is 3.23. The maximum Gasteiger partial charge on any atom is 0.410 e. The van der Waals surface area contributed by atoms with Gasteiger partial charge in [-0.1, -0.05) is 6.07 Å². The standard InChI is InChI=1S/C46H58N8O12/c1-24(2)47-45(60)65-31-11-9-28(14-31)35-17-40(53-50-35)49-42(58)23-64-38-16-30(27(6)43(59)33(38)20-55)19-54(25(3)4)46(61)66-32-12-10-29(15-32)36-18-39(52-51-36)48-41(57)22-63-37-13-8-26(5)44(62-7)34(37)21-56/h8,13,16-18,20-21,24-25,28-29,31-32,59H,9-12,14-15,19,22-23H2,1-7H3,(H,47,60)(H2,48,51,52,57)(H2,49,50,53,58)/t28-,29-,31+,32?/m0/s1. The number of ether oxygens (including phenoxy) is 5. The van der Waals surface area contributed by atoms with E-state index < -0.39 is 36.7 Å². The van der Waals surface area contributed by atoms with E-state index >= 15 is 0 Å². The van der Waals surface area contributed by atoms with Crippen molar-refractivity contribution in [3.63, 3.8) is 0 Å². The second kappa shape index (κ2) is 21.7. The van der Waals surface area contributed by atoms with E-state index in [0.717, 1.165) is 23.4 Å². The Balaban J connectivity index is 1.00. The largest absolute Gasteiger partial charge is 0.507 e. The number of hydrogen-bond acceptors (Lipinski definition) is 14. The van der Waals surface area contributed by atoms with Crippen LogP contribution in [0.15, 0.2) is 30.3 Å². The Kier molecular flexibility index (Phi) is 15.9. The number of alkyl carbamates (subject to hydrolysis) is 1. The number of aromatic amines is 2. The summed E-state index contributed by atoms with van der Waals surface area (Å²) in [5, 5.41) is 33.5. The van der Waals surface area contributed by atoms with Crippen LogP contribution in [0, 0.1) is 13.8 Å². The summed E-state index contributed by atoms with van der Waals surface area (Å²) in [6, 6.07) is 7.92. The molecule has 2 aliphatic rings. The minimum atomic E-state index is -0.576. The van der Waals surface area contributed by atoms with Gasteiger partial charge in [0.25, 0.3) is 11.8 Å². The van der Waals surface area contributed by atoms with Crippen LogP contribution in [0.5, 0.6) is 23.0 Å². The molecule has 0 aliphatic heterocycles. The molecule has 20 nitrogen and oxygen atoms in total. The molecule has 4 aromatic rings.